The molecule has 1 aliphatic rings. The van der Waals surface area contributed by atoms with Gasteiger partial charge in [0.15, 0.2) is 0 Å². The van der Waals surface area contributed by atoms with Gasteiger partial charge in [-0.05, 0) is 52.4 Å². The molecule has 0 aliphatic heterocycles. The number of rotatable bonds is 3. The van der Waals surface area contributed by atoms with E-state index in [-0.39, 0.29) is 0 Å². The maximum Gasteiger partial charge on any atom is 0.265 e. The number of carbonyl (C=O) groups is 1. The zero-order chi connectivity index (χ0) is 16.6. The third-order valence-corrected chi connectivity index (χ3v) is 5.75. The van der Waals surface area contributed by atoms with Crippen LogP contribution in [0.1, 0.15) is 53.9 Å². The molecule has 3 rings (SSSR count). The number of amides is 1. The number of aromatic amines is 1. The summed E-state index contributed by atoms with van der Waals surface area (Å²) >= 11 is 3.60. The molecule has 8 heteroatoms. The van der Waals surface area contributed by atoms with Crippen molar-refractivity contribution in [3.8, 4) is 0 Å². The minimum atomic E-state index is -3.65. The normalized spacial score (nSPS) is 16.6. The van der Waals surface area contributed by atoms with Gasteiger partial charge in [0.05, 0.1) is 4.60 Å². The van der Waals surface area contributed by atoms with E-state index in [4.69, 9.17) is 0 Å². The zero-order valence-electron chi connectivity index (χ0n) is 12.4. The van der Waals surface area contributed by atoms with Gasteiger partial charge in [0, 0.05) is 24.9 Å². The predicted molar refractivity (Wildman–Crippen MR) is 97.9 cm³/mol. The van der Waals surface area contributed by atoms with Gasteiger partial charge in [0.2, 0.25) is 9.64 Å². The van der Waals surface area contributed by atoms with Gasteiger partial charge >= 0.3 is 0 Å². The Balaban J connectivity index is 1.97. The maximum absolute atomic E-state index is 12.0. The monoisotopic (exact) mass is 416 g/mol. The molecule has 1 unspecified atom stereocenters. The molecule has 1 atom stereocenters. The first kappa shape index (κ1) is 16.9. The van der Waals surface area contributed by atoms with Crippen molar-refractivity contribution in [3.05, 3.63) is 33.9 Å². The zero-order valence-corrected chi connectivity index (χ0v) is 16.0. The average Bonchev–Trinajstić information content (AvgIpc) is 2.81. The largest absolute Gasteiger partial charge is 0.349 e. The number of fused-ring (bicyclic) bond motifs is 1. The molecule has 0 bridgehead atoms. The minimum Gasteiger partial charge on any atom is -0.349 e. The molecule has 1 aliphatic carbocycles. The second-order valence-electron chi connectivity index (χ2n) is 5.92. The summed E-state index contributed by atoms with van der Waals surface area (Å²) in [5.41, 5.74) is 2.42. The van der Waals surface area contributed by atoms with Crippen LogP contribution in [0.2, 0.25) is 0 Å². The van der Waals surface area contributed by atoms with Crippen LogP contribution in [0.15, 0.2) is 22.8 Å². The fraction of sp³-hybridized carbons (Fsp3) is 0.400. The van der Waals surface area contributed by atoms with E-state index < -0.39 is 15.6 Å². The number of carbonyl (C=O) groups excluding carboxylic acids is 1. The molecule has 1 saturated carbocycles. The van der Waals surface area contributed by atoms with Gasteiger partial charge < -0.3 is 4.98 Å². The first-order chi connectivity index (χ1) is 10.8. The molecule has 1 aromatic carbocycles. The Bertz CT molecular complexity index is 857. The fourth-order valence-corrected chi connectivity index (χ4v) is 4.75. The van der Waals surface area contributed by atoms with E-state index in [0.29, 0.717) is 11.5 Å². The summed E-state index contributed by atoms with van der Waals surface area (Å²) in [4.78, 5) is 15.2. The molecule has 23 heavy (non-hydrogen) atoms. The van der Waals surface area contributed by atoms with Crippen LogP contribution in [0, 0.1) is 0 Å². The lowest BCUT2D eigenvalue weighted by molar-refractivity contribution is 0.0982. The second-order valence-corrected chi connectivity index (χ2v) is 9.87. The smallest absolute Gasteiger partial charge is 0.265 e. The molecule has 1 fully saturated rings. The Kier molecular flexibility index (Phi) is 4.81. The summed E-state index contributed by atoms with van der Waals surface area (Å²) in [5.74, 6) is -0.106. The number of nitrogens with one attached hydrogen (secondary N) is 2. The molecule has 0 spiro atoms. The summed E-state index contributed by atoms with van der Waals surface area (Å²) in [6.07, 6.45) is 6.15. The number of benzene rings is 1. The quantitative estimate of drug-likeness (QED) is 0.746. The van der Waals surface area contributed by atoms with Crippen LogP contribution in [0.5, 0.6) is 0 Å². The van der Waals surface area contributed by atoms with E-state index in [9.17, 15) is 13.2 Å². The molecule has 1 aromatic heterocycles. The minimum absolute atomic E-state index is 0.312. The molecule has 5 nitrogen and oxygen atoms in total. The van der Waals surface area contributed by atoms with Gasteiger partial charge in [0.1, 0.15) is 0 Å². The molecule has 1 heterocycles. The van der Waals surface area contributed by atoms with Gasteiger partial charge in [-0.2, -0.15) is 0 Å². The van der Waals surface area contributed by atoms with E-state index >= 15 is 0 Å². The number of aromatic nitrogens is 1. The maximum atomic E-state index is 12.0. The Morgan fingerprint density at radius 2 is 1.96 bits per heavy atom. The molecule has 2 aromatic rings. The third-order valence-electron chi connectivity index (χ3n) is 4.30. The predicted octanol–water partition coefficient (Wildman–Crippen LogP) is 3.83. The van der Waals surface area contributed by atoms with Crippen LogP contribution < -0.4 is 4.72 Å². The van der Waals surface area contributed by atoms with E-state index in [2.05, 4.69) is 20.9 Å². The van der Waals surface area contributed by atoms with E-state index in [1.54, 1.807) is 20.6 Å². The van der Waals surface area contributed by atoms with Crippen molar-refractivity contribution in [2.75, 3.05) is 0 Å². The molecular weight excluding hydrogens is 399 g/mol. The highest BCUT2D eigenvalue weighted by molar-refractivity contribution is 9.10. The first-order valence-electron chi connectivity index (χ1n) is 7.51. The van der Waals surface area contributed by atoms with Gasteiger partial charge in [-0.25, -0.2) is 13.1 Å². The molecular formula is C15H18BrN2O3PS. The number of hydrogen-bond acceptors (Lipinski definition) is 3. The van der Waals surface area contributed by atoms with Crippen molar-refractivity contribution >= 4 is 50.8 Å². The van der Waals surface area contributed by atoms with Gasteiger partial charge in [-0.1, -0.05) is 25.3 Å². The lowest BCUT2D eigenvalue weighted by Crippen LogP contribution is -2.26. The topological polar surface area (TPSA) is 79.0 Å². The standard InChI is InChI=1S/C15H18BrN2O3PS/c16-14-13(9-4-2-1-3-5-9)11-7-6-10(8-12(11)17-14)15(19)18-23(20,21)22/h6-9,17H,1-5,22H2,(H,18,19). The highest BCUT2D eigenvalue weighted by Crippen LogP contribution is 2.40. The summed E-state index contributed by atoms with van der Waals surface area (Å²) in [5, 5.41) is 1.09. The van der Waals surface area contributed by atoms with Crippen LogP contribution in [0.25, 0.3) is 10.9 Å². The van der Waals surface area contributed by atoms with Crippen LogP contribution in [-0.2, 0) is 9.64 Å². The third kappa shape index (κ3) is 3.78. The molecule has 2 N–H and O–H groups in total. The van der Waals surface area contributed by atoms with Crippen molar-refractivity contribution in [1.82, 2.24) is 9.71 Å². The molecule has 124 valence electrons. The SMILES string of the molecule is O=C(NS(=O)(=O)P)c1ccc2c(C3CCCCC3)c(Br)[nH]c2c1. The van der Waals surface area contributed by atoms with Crippen molar-refractivity contribution in [2.45, 2.75) is 38.0 Å². The average molecular weight is 417 g/mol. The van der Waals surface area contributed by atoms with Crippen molar-refractivity contribution in [2.24, 2.45) is 0 Å². The number of halogens is 1. The lowest BCUT2D eigenvalue weighted by atomic mass is 9.84. The summed E-state index contributed by atoms with van der Waals surface area (Å²) in [6, 6.07) is 5.25. The van der Waals surface area contributed by atoms with Crippen LogP contribution >= 0.6 is 24.4 Å². The number of hydrogen-bond donors (Lipinski definition) is 2. The first-order valence-corrected chi connectivity index (χ1v) is 11.3. The fourth-order valence-electron chi connectivity index (χ4n) is 3.31. The summed E-state index contributed by atoms with van der Waals surface area (Å²) in [7, 11) is -2.03. The van der Waals surface area contributed by atoms with Gasteiger partial charge in [-0.15, -0.1) is 0 Å². The van der Waals surface area contributed by atoms with Gasteiger partial charge in [0.25, 0.3) is 5.91 Å². The Labute approximate surface area is 145 Å². The van der Waals surface area contributed by atoms with Crippen LogP contribution in [-0.4, -0.2) is 19.3 Å². The molecule has 0 saturated heterocycles. The number of H-pyrrole nitrogens is 1. The van der Waals surface area contributed by atoms with Crippen molar-refractivity contribution in [1.29, 1.82) is 0 Å². The summed E-state index contributed by atoms with van der Waals surface area (Å²) in [6.45, 7) is 0. The summed E-state index contributed by atoms with van der Waals surface area (Å²) < 4.78 is 25.2. The Morgan fingerprint density at radius 3 is 2.61 bits per heavy atom. The second kappa shape index (κ2) is 6.54. The Morgan fingerprint density at radius 1 is 1.26 bits per heavy atom. The van der Waals surface area contributed by atoms with E-state index in [1.165, 1.54) is 37.7 Å². The van der Waals surface area contributed by atoms with Crippen LogP contribution in [0.4, 0.5) is 0 Å². The molecule has 1 amide bonds. The van der Waals surface area contributed by atoms with Crippen molar-refractivity contribution in [3.63, 3.8) is 0 Å². The highest BCUT2D eigenvalue weighted by Gasteiger charge is 2.22. The van der Waals surface area contributed by atoms with Gasteiger partial charge in [-0.3, -0.25) is 4.79 Å². The molecule has 0 radical (unpaired) electrons. The Hall–Kier alpha value is -0.910. The highest BCUT2D eigenvalue weighted by atomic mass is 79.9. The van der Waals surface area contributed by atoms with E-state index in [1.807, 2.05) is 10.8 Å². The van der Waals surface area contributed by atoms with Crippen LogP contribution in [0.3, 0.4) is 0 Å². The van der Waals surface area contributed by atoms with E-state index in [0.717, 1.165) is 15.5 Å². The van der Waals surface area contributed by atoms with Crippen molar-refractivity contribution < 1.29 is 13.2 Å². The lowest BCUT2D eigenvalue weighted by Gasteiger charge is -2.21.